The van der Waals surface area contributed by atoms with Gasteiger partial charge in [0.15, 0.2) is 0 Å². The lowest BCUT2D eigenvalue weighted by Gasteiger charge is -2.41. The van der Waals surface area contributed by atoms with Gasteiger partial charge in [-0.1, -0.05) is 12.2 Å². The molecule has 0 aromatic carbocycles. The predicted molar refractivity (Wildman–Crippen MR) is 51.2 cm³/mol. The van der Waals surface area contributed by atoms with Crippen LogP contribution in [-0.4, -0.2) is 35.6 Å². The number of piperazine rings is 1. The highest BCUT2D eigenvalue weighted by Crippen LogP contribution is 2.21. The van der Waals surface area contributed by atoms with Gasteiger partial charge in [0.1, 0.15) is 0 Å². The van der Waals surface area contributed by atoms with Crippen LogP contribution in [0.1, 0.15) is 20.8 Å². The van der Waals surface area contributed by atoms with E-state index in [-0.39, 0.29) is 0 Å². The fourth-order valence-electron chi connectivity index (χ4n) is 1.98. The van der Waals surface area contributed by atoms with Crippen LogP contribution in [-0.2, 0) is 0 Å². The molecule has 2 rings (SSSR count). The SMILES string of the molecule is CC(C)(C)N1CC2C=CC(C1)N2. The molecule has 0 spiro atoms. The summed E-state index contributed by atoms with van der Waals surface area (Å²) in [6.07, 6.45) is 4.60. The molecule has 2 heteroatoms. The van der Waals surface area contributed by atoms with Gasteiger partial charge in [0.2, 0.25) is 0 Å². The standard InChI is InChI=1S/C10H18N2/c1-10(2,3)12-6-8-4-5-9(7-12)11-8/h4-5,8-9,11H,6-7H2,1-3H3. The smallest absolute Gasteiger partial charge is 0.0384 e. The van der Waals surface area contributed by atoms with Gasteiger partial charge in [-0.15, -0.1) is 0 Å². The van der Waals surface area contributed by atoms with Crippen molar-refractivity contribution in [1.29, 1.82) is 0 Å². The first-order valence-electron chi connectivity index (χ1n) is 4.75. The lowest BCUT2D eigenvalue weighted by atomic mass is 10.0. The minimum atomic E-state index is 0.324. The molecule has 68 valence electrons. The van der Waals surface area contributed by atoms with Crippen LogP contribution in [0.3, 0.4) is 0 Å². The molecule has 1 fully saturated rings. The van der Waals surface area contributed by atoms with Gasteiger partial charge in [-0.25, -0.2) is 0 Å². The summed E-state index contributed by atoms with van der Waals surface area (Å²) >= 11 is 0. The molecule has 2 heterocycles. The van der Waals surface area contributed by atoms with E-state index in [1.165, 1.54) is 0 Å². The molecule has 2 aliphatic heterocycles. The van der Waals surface area contributed by atoms with Gasteiger partial charge in [0, 0.05) is 30.7 Å². The van der Waals surface area contributed by atoms with E-state index < -0.39 is 0 Å². The first-order chi connectivity index (χ1) is 5.55. The maximum Gasteiger partial charge on any atom is 0.0384 e. The largest absolute Gasteiger partial charge is 0.302 e. The van der Waals surface area contributed by atoms with Crippen LogP contribution in [0.15, 0.2) is 12.2 Å². The molecule has 0 radical (unpaired) electrons. The molecule has 0 aliphatic carbocycles. The minimum absolute atomic E-state index is 0.324. The Balaban J connectivity index is 2.05. The number of rotatable bonds is 0. The second-order valence-electron chi connectivity index (χ2n) is 4.84. The Hall–Kier alpha value is -0.340. The minimum Gasteiger partial charge on any atom is -0.302 e. The summed E-state index contributed by atoms with van der Waals surface area (Å²) < 4.78 is 0. The third-order valence-corrected chi connectivity index (χ3v) is 2.79. The third-order valence-electron chi connectivity index (χ3n) is 2.79. The van der Waals surface area contributed by atoms with Gasteiger partial charge in [0.25, 0.3) is 0 Å². The van der Waals surface area contributed by atoms with Crippen molar-refractivity contribution in [1.82, 2.24) is 10.2 Å². The Labute approximate surface area is 74.6 Å². The zero-order valence-corrected chi connectivity index (χ0v) is 8.17. The zero-order chi connectivity index (χ0) is 8.77. The summed E-state index contributed by atoms with van der Waals surface area (Å²) in [5.41, 5.74) is 0.324. The predicted octanol–water partition coefficient (Wildman–Crippen LogP) is 0.997. The second kappa shape index (κ2) is 2.57. The molecule has 2 nitrogen and oxygen atoms in total. The quantitative estimate of drug-likeness (QED) is 0.540. The van der Waals surface area contributed by atoms with E-state index in [1.807, 2.05) is 0 Å². The normalized spacial score (nSPS) is 35.9. The van der Waals surface area contributed by atoms with Gasteiger partial charge in [0.05, 0.1) is 0 Å². The summed E-state index contributed by atoms with van der Waals surface area (Å²) in [6, 6.07) is 1.20. The molecule has 2 aliphatic rings. The van der Waals surface area contributed by atoms with E-state index in [9.17, 15) is 0 Å². The fourth-order valence-corrected chi connectivity index (χ4v) is 1.98. The van der Waals surface area contributed by atoms with Gasteiger partial charge in [-0.05, 0) is 20.8 Å². The topological polar surface area (TPSA) is 15.3 Å². The lowest BCUT2D eigenvalue weighted by Crippen LogP contribution is -2.57. The molecule has 0 saturated carbocycles. The Morgan fingerprint density at radius 2 is 1.67 bits per heavy atom. The number of fused-ring (bicyclic) bond motifs is 2. The summed E-state index contributed by atoms with van der Waals surface area (Å²) in [6.45, 7) is 9.19. The first kappa shape index (κ1) is 8.27. The van der Waals surface area contributed by atoms with Gasteiger partial charge < -0.3 is 5.32 Å². The molecule has 2 unspecified atom stereocenters. The monoisotopic (exact) mass is 166 g/mol. The van der Waals surface area contributed by atoms with Crippen molar-refractivity contribution in [2.75, 3.05) is 13.1 Å². The van der Waals surface area contributed by atoms with Crippen LogP contribution in [0.5, 0.6) is 0 Å². The number of nitrogens with one attached hydrogen (secondary N) is 1. The molecule has 2 bridgehead atoms. The fraction of sp³-hybridized carbons (Fsp3) is 0.800. The van der Waals surface area contributed by atoms with E-state index in [0.717, 1.165) is 13.1 Å². The highest BCUT2D eigenvalue weighted by molar-refractivity contribution is 5.14. The Kier molecular flexibility index (Phi) is 1.77. The number of hydrogen-bond acceptors (Lipinski definition) is 2. The van der Waals surface area contributed by atoms with Gasteiger partial charge in [-0.2, -0.15) is 0 Å². The number of nitrogens with zero attached hydrogens (tertiary/aromatic N) is 1. The van der Waals surface area contributed by atoms with Crippen LogP contribution in [0, 0.1) is 0 Å². The van der Waals surface area contributed by atoms with Crippen molar-refractivity contribution in [3.05, 3.63) is 12.2 Å². The first-order valence-corrected chi connectivity index (χ1v) is 4.75. The van der Waals surface area contributed by atoms with Crippen LogP contribution in [0.4, 0.5) is 0 Å². The zero-order valence-electron chi connectivity index (χ0n) is 8.17. The summed E-state index contributed by atoms with van der Waals surface area (Å²) in [4.78, 5) is 2.55. The molecule has 2 atom stereocenters. The van der Waals surface area contributed by atoms with E-state index in [1.54, 1.807) is 0 Å². The lowest BCUT2D eigenvalue weighted by molar-refractivity contribution is 0.0977. The van der Waals surface area contributed by atoms with Gasteiger partial charge in [-0.3, -0.25) is 4.90 Å². The van der Waals surface area contributed by atoms with Crippen LogP contribution in [0.2, 0.25) is 0 Å². The Morgan fingerprint density at radius 3 is 2.08 bits per heavy atom. The summed E-state index contributed by atoms with van der Waals surface area (Å²) in [5.74, 6) is 0. The molecule has 12 heavy (non-hydrogen) atoms. The van der Waals surface area contributed by atoms with Crippen molar-refractivity contribution < 1.29 is 0 Å². The van der Waals surface area contributed by atoms with Crippen LogP contribution in [0.25, 0.3) is 0 Å². The Bertz CT molecular complexity index is 188. The van der Waals surface area contributed by atoms with E-state index in [4.69, 9.17) is 0 Å². The maximum atomic E-state index is 3.54. The number of hydrogen-bond donors (Lipinski definition) is 1. The molecule has 1 N–H and O–H groups in total. The van der Waals surface area contributed by atoms with Crippen molar-refractivity contribution in [3.8, 4) is 0 Å². The van der Waals surface area contributed by atoms with Crippen molar-refractivity contribution in [2.24, 2.45) is 0 Å². The molecular weight excluding hydrogens is 148 g/mol. The highest BCUT2D eigenvalue weighted by Gasteiger charge is 2.33. The van der Waals surface area contributed by atoms with Crippen LogP contribution >= 0.6 is 0 Å². The van der Waals surface area contributed by atoms with E-state index in [0.29, 0.717) is 17.6 Å². The van der Waals surface area contributed by atoms with Crippen molar-refractivity contribution >= 4 is 0 Å². The molecule has 0 amide bonds. The average Bonchev–Trinajstić information content (AvgIpc) is 2.28. The van der Waals surface area contributed by atoms with Crippen LogP contribution < -0.4 is 5.32 Å². The molecule has 0 aromatic rings. The molecule has 1 saturated heterocycles. The van der Waals surface area contributed by atoms with Crippen molar-refractivity contribution in [2.45, 2.75) is 38.4 Å². The summed E-state index contributed by atoms with van der Waals surface area (Å²) in [7, 11) is 0. The maximum absolute atomic E-state index is 3.54. The second-order valence-corrected chi connectivity index (χ2v) is 4.84. The highest BCUT2D eigenvalue weighted by atomic mass is 15.3. The molecule has 0 aromatic heterocycles. The summed E-state index contributed by atoms with van der Waals surface area (Å²) in [5, 5.41) is 3.54. The van der Waals surface area contributed by atoms with E-state index >= 15 is 0 Å². The van der Waals surface area contributed by atoms with Gasteiger partial charge >= 0.3 is 0 Å². The average molecular weight is 166 g/mol. The Morgan fingerprint density at radius 1 is 1.17 bits per heavy atom. The third kappa shape index (κ3) is 1.41. The molecular formula is C10H18N2. The van der Waals surface area contributed by atoms with E-state index in [2.05, 4.69) is 43.1 Å². The van der Waals surface area contributed by atoms with Crippen molar-refractivity contribution in [3.63, 3.8) is 0 Å².